The lowest BCUT2D eigenvalue weighted by molar-refractivity contribution is 0.299. The third kappa shape index (κ3) is 2.18. The number of phenols is 1. The summed E-state index contributed by atoms with van der Waals surface area (Å²) >= 11 is 0. The summed E-state index contributed by atoms with van der Waals surface area (Å²) in [5.74, 6) is 1.32. The number of rotatable bonds is 3. The summed E-state index contributed by atoms with van der Waals surface area (Å²) in [5, 5.41) is 10.3. The lowest BCUT2D eigenvalue weighted by Crippen LogP contribution is -2.21. The molecule has 0 saturated carbocycles. The Morgan fingerprint density at radius 1 is 1.50 bits per heavy atom. The summed E-state index contributed by atoms with van der Waals surface area (Å²) in [7, 11) is 3.66. The molecule has 0 bridgehead atoms. The summed E-state index contributed by atoms with van der Waals surface area (Å²) < 4.78 is 5.20. The molecule has 0 radical (unpaired) electrons. The molecule has 100 valence electrons. The fraction of sp³-hybridized carbons (Fsp3) is 0.571. The molecular formula is C14H22N2O2. The largest absolute Gasteiger partial charge is 0.504 e. The van der Waals surface area contributed by atoms with Crippen LogP contribution in [0.4, 0.5) is 0 Å². The molecule has 0 spiro atoms. The average Bonchev–Trinajstić information content (AvgIpc) is 2.71. The normalized spacial score (nSPS) is 24.4. The van der Waals surface area contributed by atoms with E-state index in [1.165, 1.54) is 0 Å². The van der Waals surface area contributed by atoms with E-state index in [0.29, 0.717) is 18.2 Å². The third-order valence-electron chi connectivity index (χ3n) is 3.92. The van der Waals surface area contributed by atoms with Crippen molar-refractivity contribution in [2.24, 2.45) is 11.7 Å². The van der Waals surface area contributed by atoms with Crippen molar-refractivity contribution >= 4 is 0 Å². The maximum atomic E-state index is 10.3. The van der Waals surface area contributed by atoms with Gasteiger partial charge in [0, 0.05) is 18.2 Å². The molecule has 2 rings (SSSR count). The van der Waals surface area contributed by atoms with Crippen LogP contribution in [0.5, 0.6) is 11.5 Å². The Balaban J connectivity index is 2.38. The Morgan fingerprint density at radius 2 is 2.22 bits per heavy atom. The van der Waals surface area contributed by atoms with Gasteiger partial charge in [0.05, 0.1) is 7.11 Å². The fourth-order valence-electron chi connectivity index (χ4n) is 2.89. The monoisotopic (exact) mass is 250 g/mol. The van der Waals surface area contributed by atoms with Crippen LogP contribution in [0.25, 0.3) is 0 Å². The second-order valence-corrected chi connectivity index (χ2v) is 5.14. The minimum absolute atomic E-state index is 0.230. The summed E-state index contributed by atoms with van der Waals surface area (Å²) in [4.78, 5) is 2.26. The maximum Gasteiger partial charge on any atom is 0.162 e. The van der Waals surface area contributed by atoms with E-state index in [2.05, 4.69) is 11.9 Å². The maximum absolute atomic E-state index is 10.3. The smallest absolute Gasteiger partial charge is 0.162 e. The van der Waals surface area contributed by atoms with Crippen molar-refractivity contribution in [3.05, 3.63) is 23.3 Å². The van der Waals surface area contributed by atoms with Gasteiger partial charge in [0.2, 0.25) is 0 Å². The summed E-state index contributed by atoms with van der Waals surface area (Å²) in [6, 6.07) is 4.04. The van der Waals surface area contributed by atoms with E-state index in [1.54, 1.807) is 7.11 Å². The van der Waals surface area contributed by atoms with Gasteiger partial charge in [-0.1, -0.05) is 6.07 Å². The predicted molar refractivity (Wildman–Crippen MR) is 71.9 cm³/mol. The van der Waals surface area contributed by atoms with Gasteiger partial charge in [0.1, 0.15) is 0 Å². The number of phenolic OH excluding ortho intramolecular Hbond substituents is 1. The van der Waals surface area contributed by atoms with E-state index in [-0.39, 0.29) is 11.8 Å². The quantitative estimate of drug-likeness (QED) is 0.856. The molecule has 4 heteroatoms. The first-order chi connectivity index (χ1) is 8.58. The Labute approximate surface area is 108 Å². The zero-order chi connectivity index (χ0) is 13.3. The number of nitrogens with zero attached hydrogens (tertiary/aromatic N) is 1. The van der Waals surface area contributed by atoms with Crippen LogP contribution in [-0.2, 0) is 0 Å². The van der Waals surface area contributed by atoms with Crippen molar-refractivity contribution in [3.8, 4) is 11.5 Å². The van der Waals surface area contributed by atoms with E-state index in [9.17, 15) is 5.11 Å². The molecule has 1 saturated heterocycles. The molecule has 2 unspecified atom stereocenters. The third-order valence-corrected chi connectivity index (χ3v) is 3.92. The van der Waals surface area contributed by atoms with Crippen molar-refractivity contribution in [2.45, 2.75) is 19.4 Å². The standard InChI is InChI=1S/C14H22N2O2/c1-9-4-5-12(18-3)14(17)13(9)11-6-10(7-15)8-16(11)2/h4-5,10-11,17H,6-8,15H2,1-3H3. The number of likely N-dealkylation sites (tertiary alicyclic amines) is 1. The minimum Gasteiger partial charge on any atom is -0.504 e. The Kier molecular flexibility index (Phi) is 3.78. The molecule has 0 amide bonds. The van der Waals surface area contributed by atoms with Crippen molar-refractivity contribution in [3.63, 3.8) is 0 Å². The van der Waals surface area contributed by atoms with Crippen LogP contribution in [0.3, 0.4) is 0 Å². The summed E-state index contributed by atoms with van der Waals surface area (Å²) in [5.41, 5.74) is 7.83. The van der Waals surface area contributed by atoms with Gasteiger partial charge in [-0.15, -0.1) is 0 Å². The van der Waals surface area contributed by atoms with Gasteiger partial charge in [-0.2, -0.15) is 0 Å². The number of aryl methyl sites for hydroxylation is 1. The number of hydrogen-bond donors (Lipinski definition) is 2. The number of methoxy groups -OCH3 is 1. The van der Waals surface area contributed by atoms with Gasteiger partial charge in [0.15, 0.2) is 11.5 Å². The van der Waals surface area contributed by atoms with E-state index in [0.717, 1.165) is 24.1 Å². The molecule has 1 aromatic carbocycles. The molecule has 1 aromatic rings. The van der Waals surface area contributed by atoms with Gasteiger partial charge in [-0.05, 0) is 44.5 Å². The van der Waals surface area contributed by atoms with Crippen LogP contribution in [0.2, 0.25) is 0 Å². The zero-order valence-corrected chi connectivity index (χ0v) is 11.3. The van der Waals surface area contributed by atoms with E-state index in [1.807, 2.05) is 19.1 Å². The van der Waals surface area contributed by atoms with Crippen LogP contribution in [-0.4, -0.2) is 37.3 Å². The van der Waals surface area contributed by atoms with E-state index in [4.69, 9.17) is 10.5 Å². The number of benzene rings is 1. The first-order valence-electron chi connectivity index (χ1n) is 6.35. The van der Waals surface area contributed by atoms with Crippen LogP contribution < -0.4 is 10.5 Å². The molecule has 1 aliphatic rings. The predicted octanol–water partition coefficient (Wildman–Crippen LogP) is 1.66. The molecule has 4 nitrogen and oxygen atoms in total. The van der Waals surface area contributed by atoms with Gasteiger partial charge in [-0.3, -0.25) is 4.90 Å². The second-order valence-electron chi connectivity index (χ2n) is 5.14. The Bertz CT molecular complexity index is 434. The van der Waals surface area contributed by atoms with Crippen molar-refractivity contribution in [2.75, 3.05) is 27.2 Å². The van der Waals surface area contributed by atoms with E-state index < -0.39 is 0 Å². The average molecular weight is 250 g/mol. The molecule has 0 aliphatic carbocycles. The Hall–Kier alpha value is -1.26. The van der Waals surface area contributed by atoms with Crippen molar-refractivity contribution < 1.29 is 9.84 Å². The molecule has 1 aliphatic heterocycles. The fourth-order valence-corrected chi connectivity index (χ4v) is 2.89. The van der Waals surface area contributed by atoms with Crippen molar-refractivity contribution in [1.82, 2.24) is 4.90 Å². The number of aromatic hydroxyl groups is 1. The summed E-state index contributed by atoms with van der Waals surface area (Å²) in [6.45, 7) is 3.71. The molecule has 2 atom stereocenters. The van der Waals surface area contributed by atoms with Gasteiger partial charge >= 0.3 is 0 Å². The van der Waals surface area contributed by atoms with Gasteiger partial charge in [-0.25, -0.2) is 0 Å². The number of hydrogen-bond acceptors (Lipinski definition) is 4. The lowest BCUT2D eigenvalue weighted by atomic mass is 9.95. The highest BCUT2D eigenvalue weighted by Crippen LogP contribution is 2.43. The van der Waals surface area contributed by atoms with Crippen LogP contribution >= 0.6 is 0 Å². The number of nitrogens with two attached hydrogens (primary N) is 1. The SMILES string of the molecule is COc1ccc(C)c(C2CC(CN)CN2C)c1O. The Morgan fingerprint density at radius 3 is 2.78 bits per heavy atom. The second kappa shape index (κ2) is 5.16. The van der Waals surface area contributed by atoms with Crippen LogP contribution in [0.15, 0.2) is 12.1 Å². The highest BCUT2D eigenvalue weighted by molar-refractivity contribution is 5.51. The minimum atomic E-state index is 0.230. The highest BCUT2D eigenvalue weighted by Gasteiger charge is 2.33. The van der Waals surface area contributed by atoms with Gasteiger partial charge < -0.3 is 15.6 Å². The molecule has 1 fully saturated rings. The lowest BCUT2D eigenvalue weighted by Gasteiger charge is -2.23. The molecule has 3 N–H and O–H groups in total. The van der Waals surface area contributed by atoms with Crippen LogP contribution in [0.1, 0.15) is 23.6 Å². The molecule has 18 heavy (non-hydrogen) atoms. The first kappa shape index (κ1) is 13.2. The van der Waals surface area contributed by atoms with Crippen LogP contribution in [0, 0.1) is 12.8 Å². The van der Waals surface area contributed by atoms with E-state index >= 15 is 0 Å². The van der Waals surface area contributed by atoms with Gasteiger partial charge in [0.25, 0.3) is 0 Å². The van der Waals surface area contributed by atoms with Crippen molar-refractivity contribution in [1.29, 1.82) is 0 Å². The topological polar surface area (TPSA) is 58.7 Å². The molecular weight excluding hydrogens is 228 g/mol. The first-order valence-corrected chi connectivity index (χ1v) is 6.35. The zero-order valence-electron chi connectivity index (χ0n) is 11.3. The highest BCUT2D eigenvalue weighted by atomic mass is 16.5. The summed E-state index contributed by atoms with van der Waals surface area (Å²) in [6.07, 6.45) is 0.995. The molecule has 0 aromatic heterocycles. The molecule has 1 heterocycles. The number of ether oxygens (including phenoxy) is 1.